The number of hydrogen-bond acceptors (Lipinski definition) is 4. The molecule has 1 aliphatic heterocycles. The number of aryl methyl sites for hydroxylation is 1. The van der Waals surface area contributed by atoms with Gasteiger partial charge in [0.2, 0.25) is 5.91 Å². The number of halogens is 1. The van der Waals surface area contributed by atoms with E-state index in [0.717, 1.165) is 11.1 Å². The van der Waals surface area contributed by atoms with Crippen molar-refractivity contribution in [3.8, 4) is 6.07 Å². The molecule has 2 aromatic carbocycles. The van der Waals surface area contributed by atoms with Gasteiger partial charge >= 0.3 is 0 Å². The zero-order valence-corrected chi connectivity index (χ0v) is 17.0. The van der Waals surface area contributed by atoms with Crippen LogP contribution in [0.3, 0.4) is 0 Å². The molecular weight excluding hydrogens is 394 g/mol. The van der Waals surface area contributed by atoms with E-state index < -0.39 is 11.2 Å². The normalized spacial score (nSPS) is 18.0. The number of thioether (sulfide) groups is 1. The topological polar surface area (TPSA) is 73.2 Å². The number of hydrogen-bond donors (Lipinski definition) is 1. The molecule has 2 amide bonds. The Balaban J connectivity index is 2.04. The maximum Gasteiger partial charge on any atom is 0.264 e. The fraction of sp³-hybridized carbons (Fsp3) is 0.190. The number of carbonyl (C=O) groups is 2. The standard InChI is InChI=1S/C21H18ClN3O2S/c1-13-4-3-5-14(10-13)11-18-20(27)25(16-8-6-15(22)7-9-16)21(28-18)17(12-23)19(26)24-2/h3-10,18H,11H2,1-2H3,(H,24,26)/b21-17-/t18-/m0/s1. The zero-order chi connectivity index (χ0) is 20.3. The minimum atomic E-state index is -0.520. The van der Waals surface area contributed by atoms with Crippen LogP contribution in [0.5, 0.6) is 0 Å². The highest BCUT2D eigenvalue weighted by atomic mass is 35.5. The summed E-state index contributed by atoms with van der Waals surface area (Å²) in [5, 5.41) is 12.5. The van der Waals surface area contributed by atoms with Gasteiger partial charge in [0.15, 0.2) is 0 Å². The van der Waals surface area contributed by atoms with Crippen molar-refractivity contribution in [1.82, 2.24) is 5.32 Å². The molecule has 1 saturated heterocycles. The van der Waals surface area contributed by atoms with Gasteiger partial charge in [0.25, 0.3) is 5.91 Å². The van der Waals surface area contributed by atoms with Crippen LogP contribution in [-0.4, -0.2) is 24.1 Å². The van der Waals surface area contributed by atoms with E-state index >= 15 is 0 Å². The van der Waals surface area contributed by atoms with Crippen LogP contribution in [-0.2, 0) is 16.0 Å². The van der Waals surface area contributed by atoms with Gasteiger partial charge in [0.1, 0.15) is 16.7 Å². The summed E-state index contributed by atoms with van der Waals surface area (Å²) >= 11 is 7.21. The molecule has 7 heteroatoms. The van der Waals surface area contributed by atoms with Crippen molar-refractivity contribution >= 4 is 40.9 Å². The van der Waals surface area contributed by atoms with E-state index in [0.29, 0.717) is 22.2 Å². The Morgan fingerprint density at radius 2 is 2.00 bits per heavy atom. The van der Waals surface area contributed by atoms with E-state index in [1.54, 1.807) is 24.3 Å². The van der Waals surface area contributed by atoms with Gasteiger partial charge in [-0.1, -0.05) is 53.2 Å². The Kier molecular flexibility index (Phi) is 6.08. The lowest BCUT2D eigenvalue weighted by atomic mass is 10.1. The fourth-order valence-electron chi connectivity index (χ4n) is 2.99. The van der Waals surface area contributed by atoms with Crippen LogP contribution in [0.2, 0.25) is 5.02 Å². The van der Waals surface area contributed by atoms with Crippen LogP contribution in [0.15, 0.2) is 59.1 Å². The van der Waals surface area contributed by atoms with E-state index in [1.807, 2.05) is 37.3 Å². The van der Waals surface area contributed by atoms with Crippen molar-refractivity contribution in [2.75, 3.05) is 11.9 Å². The number of likely N-dealkylation sites (N-methyl/N-ethyl adjacent to an activating group) is 1. The highest BCUT2D eigenvalue weighted by Gasteiger charge is 2.40. The van der Waals surface area contributed by atoms with E-state index in [-0.39, 0.29) is 11.5 Å². The smallest absolute Gasteiger partial charge is 0.264 e. The van der Waals surface area contributed by atoms with E-state index in [4.69, 9.17) is 11.6 Å². The molecule has 1 fully saturated rings. The number of rotatable bonds is 4. The van der Waals surface area contributed by atoms with Crippen LogP contribution in [0.1, 0.15) is 11.1 Å². The minimum Gasteiger partial charge on any atom is -0.354 e. The van der Waals surface area contributed by atoms with Gasteiger partial charge in [-0.15, -0.1) is 0 Å². The average molecular weight is 412 g/mol. The van der Waals surface area contributed by atoms with Crippen LogP contribution < -0.4 is 10.2 Å². The number of benzene rings is 2. The molecule has 0 radical (unpaired) electrons. The maximum absolute atomic E-state index is 13.2. The lowest BCUT2D eigenvalue weighted by Gasteiger charge is -2.18. The highest BCUT2D eigenvalue weighted by Crippen LogP contribution is 2.42. The van der Waals surface area contributed by atoms with Gasteiger partial charge in [-0.05, 0) is 43.2 Å². The Morgan fingerprint density at radius 1 is 1.29 bits per heavy atom. The molecule has 0 aliphatic carbocycles. The summed E-state index contributed by atoms with van der Waals surface area (Å²) in [7, 11) is 1.46. The molecule has 3 rings (SSSR count). The summed E-state index contributed by atoms with van der Waals surface area (Å²) in [5.41, 5.74) is 2.63. The van der Waals surface area contributed by atoms with Gasteiger partial charge in [-0.25, -0.2) is 0 Å². The first-order chi connectivity index (χ1) is 13.4. The molecule has 0 aromatic heterocycles. The van der Waals surface area contributed by atoms with Crippen molar-refractivity contribution in [3.05, 3.63) is 75.3 Å². The molecule has 0 unspecified atom stereocenters. The Labute approximate surface area is 173 Å². The fourth-order valence-corrected chi connectivity index (χ4v) is 4.42. The van der Waals surface area contributed by atoms with Crippen LogP contribution in [0.4, 0.5) is 5.69 Å². The van der Waals surface area contributed by atoms with Gasteiger partial charge in [-0.2, -0.15) is 5.26 Å². The summed E-state index contributed by atoms with van der Waals surface area (Å²) in [6, 6.07) is 16.7. The first kappa shape index (κ1) is 20.0. The summed E-state index contributed by atoms with van der Waals surface area (Å²) in [6.07, 6.45) is 0.505. The molecule has 1 aliphatic rings. The van der Waals surface area contributed by atoms with E-state index in [1.165, 1.54) is 23.7 Å². The predicted octanol–water partition coefficient (Wildman–Crippen LogP) is 3.82. The van der Waals surface area contributed by atoms with Crippen LogP contribution >= 0.6 is 23.4 Å². The summed E-state index contributed by atoms with van der Waals surface area (Å²) in [5.74, 6) is -0.687. The molecule has 1 heterocycles. The molecular formula is C21H18ClN3O2S. The predicted molar refractivity (Wildman–Crippen MR) is 112 cm³/mol. The van der Waals surface area contributed by atoms with E-state index in [9.17, 15) is 14.9 Å². The summed E-state index contributed by atoms with van der Waals surface area (Å²) < 4.78 is 0. The maximum atomic E-state index is 13.2. The molecule has 1 N–H and O–H groups in total. The summed E-state index contributed by atoms with van der Waals surface area (Å²) in [4.78, 5) is 26.9. The van der Waals surface area contributed by atoms with Crippen molar-refractivity contribution in [2.24, 2.45) is 0 Å². The van der Waals surface area contributed by atoms with Crippen LogP contribution in [0.25, 0.3) is 0 Å². The quantitative estimate of drug-likeness (QED) is 0.613. The first-order valence-electron chi connectivity index (χ1n) is 8.62. The largest absolute Gasteiger partial charge is 0.354 e. The minimum absolute atomic E-state index is 0.0810. The van der Waals surface area contributed by atoms with E-state index in [2.05, 4.69) is 5.32 Å². The second-order valence-electron chi connectivity index (χ2n) is 6.32. The van der Waals surface area contributed by atoms with Crippen molar-refractivity contribution < 1.29 is 9.59 Å². The highest BCUT2D eigenvalue weighted by molar-refractivity contribution is 8.05. The molecule has 5 nitrogen and oxygen atoms in total. The van der Waals surface area contributed by atoms with Crippen molar-refractivity contribution in [3.63, 3.8) is 0 Å². The molecule has 28 heavy (non-hydrogen) atoms. The monoisotopic (exact) mass is 411 g/mol. The SMILES string of the molecule is CNC(=O)/C(C#N)=C1\S[C@@H](Cc2cccc(C)c2)C(=O)N1c1ccc(Cl)cc1. The lowest BCUT2D eigenvalue weighted by molar-refractivity contribution is -0.117. The van der Waals surface area contributed by atoms with Gasteiger partial charge in [0, 0.05) is 17.8 Å². The second kappa shape index (κ2) is 8.51. The Bertz CT molecular complexity index is 995. The third-order valence-corrected chi connectivity index (χ3v) is 5.84. The molecule has 1 atom stereocenters. The second-order valence-corrected chi connectivity index (χ2v) is 7.95. The van der Waals surface area contributed by atoms with Gasteiger partial charge in [0.05, 0.1) is 5.25 Å². The number of nitrogens with one attached hydrogen (secondary N) is 1. The lowest BCUT2D eigenvalue weighted by Crippen LogP contribution is -2.31. The zero-order valence-electron chi connectivity index (χ0n) is 15.4. The number of nitrogens with zero attached hydrogens (tertiary/aromatic N) is 2. The van der Waals surface area contributed by atoms with Crippen molar-refractivity contribution in [1.29, 1.82) is 5.26 Å². The Morgan fingerprint density at radius 3 is 2.61 bits per heavy atom. The third kappa shape index (κ3) is 4.06. The molecule has 0 bridgehead atoms. The van der Waals surface area contributed by atoms with Gasteiger partial charge < -0.3 is 5.32 Å². The number of anilines is 1. The van der Waals surface area contributed by atoms with Crippen LogP contribution in [0, 0.1) is 18.3 Å². The Hall–Kier alpha value is -2.75. The molecule has 142 valence electrons. The molecule has 2 aromatic rings. The number of carbonyl (C=O) groups excluding carboxylic acids is 2. The van der Waals surface area contributed by atoms with Gasteiger partial charge in [-0.3, -0.25) is 14.5 Å². The molecule has 0 spiro atoms. The third-order valence-electron chi connectivity index (χ3n) is 4.32. The molecule has 0 saturated carbocycles. The number of amides is 2. The van der Waals surface area contributed by atoms with Crippen molar-refractivity contribution in [2.45, 2.75) is 18.6 Å². The first-order valence-corrected chi connectivity index (χ1v) is 9.88. The number of nitriles is 1. The summed E-state index contributed by atoms with van der Waals surface area (Å²) in [6.45, 7) is 2.00. The average Bonchev–Trinajstić information content (AvgIpc) is 2.99.